The van der Waals surface area contributed by atoms with Crippen molar-refractivity contribution in [2.75, 3.05) is 6.54 Å². The highest BCUT2D eigenvalue weighted by Crippen LogP contribution is 2.14. The molecule has 72 valence electrons. The molecule has 2 rings (SSSR count). The molecular weight excluding hydrogens is 176 g/mol. The van der Waals surface area contributed by atoms with Crippen LogP contribution in [-0.4, -0.2) is 21.1 Å². The lowest BCUT2D eigenvalue weighted by Crippen LogP contribution is -2.07. The van der Waals surface area contributed by atoms with Crippen LogP contribution in [0.15, 0.2) is 37.1 Å². The molecule has 2 N–H and O–H groups in total. The van der Waals surface area contributed by atoms with Gasteiger partial charge in [0.05, 0.1) is 12.0 Å². The van der Waals surface area contributed by atoms with Crippen molar-refractivity contribution < 1.29 is 0 Å². The van der Waals surface area contributed by atoms with E-state index >= 15 is 0 Å². The van der Waals surface area contributed by atoms with Crippen LogP contribution < -0.4 is 5.73 Å². The summed E-state index contributed by atoms with van der Waals surface area (Å²) in [6, 6.07) is 3.89. The number of hydrogen-bond donors (Lipinski definition) is 1. The van der Waals surface area contributed by atoms with Gasteiger partial charge in [0.15, 0.2) is 0 Å². The van der Waals surface area contributed by atoms with Gasteiger partial charge in [0.25, 0.3) is 0 Å². The number of rotatable bonds is 3. The maximum Gasteiger partial charge on any atom is 0.0954 e. The highest BCUT2D eigenvalue weighted by atomic mass is 15.0. The van der Waals surface area contributed by atoms with Gasteiger partial charge in [-0.3, -0.25) is 4.98 Å². The topological polar surface area (TPSA) is 56.7 Å². The van der Waals surface area contributed by atoms with Crippen LogP contribution in [0.1, 0.15) is 0 Å². The Morgan fingerprint density at radius 3 is 3.07 bits per heavy atom. The average Bonchev–Trinajstić information content (AvgIpc) is 2.68. The molecule has 4 heteroatoms. The zero-order valence-electron chi connectivity index (χ0n) is 7.80. The molecule has 0 aromatic carbocycles. The van der Waals surface area contributed by atoms with Gasteiger partial charge < -0.3 is 10.3 Å². The smallest absolute Gasteiger partial charge is 0.0954 e. The van der Waals surface area contributed by atoms with Gasteiger partial charge in [-0.15, -0.1) is 0 Å². The Kier molecular flexibility index (Phi) is 2.55. The molecular formula is C10H12N4. The van der Waals surface area contributed by atoms with Crippen molar-refractivity contribution in [2.24, 2.45) is 5.73 Å². The molecule has 0 saturated carbocycles. The Labute approximate surface area is 82.4 Å². The molecule has 14 heavy (non-hydrogen) atoms. The molecule has 4 nitrogen and oxygen atoms in total. The quantitative estimate of drug-likeness (QED) is 0.778. The lowest BCUT2D eigenvalue weighted by atomic mass is 10.2. The molecule has 0 saturated heterocycles. The number of imidazole rings is 1. The lowest BCUT2D eigenvalue weighted by molar-refractivity contribution is 0.708. The van der Waals surface area contributed by atoms with Gasteiger partial charge in [-0.05, 0) is 12.1 Å². The van der Waals surface area contributed by atoms with Crippen LogP contribution >= 0.6 is 0 Å². The second-order valence-corrected chi connectivity index (χ2v) is 3.03. The Balaban J connectivity index is 2.25. The summed E-state index contributed by atoms with van der Waals surface area (Å²) in [5, 5.41) is 0. The van der Waals surface area contributed by atoms with Crippen LogP contribution in [0.3, 0.4) is 0 Å². The van der Waals surface area contributed by atoms with E-state index in [1.165, 1.54) is 0 Å². The summed E-state index contributed by atoms with van der Waals surface area (Å²) in [5.41, 5.74) is 7.41. The Morgan fingerprint density at radius 1 is 1.43 bits per heavy atom. The van der Waals surface area contributed by atoms with E-state index in [-0.39, 0.29) is 0 Å². The van der Waals surface area contributed by atoms with Crippen LogP contribution in [0, 0.1) is 0 Å². The van der Waals surface area contributed by atoms with Crippen molar-refractivity contribution >= 4 is 0 Å². The molecule has 2 aromatic rings. The minimum Gasteiger partial charge on any atom is -0.336 e. The van der Waals surface area contributed by atoms with Crippen LogP contribution in [0.25, 0.3) is 11.3 Å². The monoisotopic (exact) mass is 188 g/mol. The van der Waals surface area contributed by atoms with E-state index < -0.39 is 0 Å². The molecule has 0 amide bonds. The molecule has 0 unspecified atom stereocenters. The fourth-order valence-corrected chi connectivity index (χ4v) is 1.29. The third kappa shape index (κ3) is 1.80. The Morgan fingerprint density at radius 2 is 2.36 bits per heavy atom. The largest absolute Gasteiger partial charge is 0.336 e. The number of nitrogens with zero attached hydrogens (tertiary/aromatic N) is 3. The third-order valence-electron chi connectivity index (χ3n) is 1.98. The third-order valence-corrected chi connectivity index (χ3v) is 1.98. The molecule has 0 fully saturated rings. The summed E-state index contributed by atoms with van der Waals surface area (Å²) >= 11 is 0. The predicted octanol–water partition coefficient (Wildman–Crippen LogP) is 0.904. The summed E-state index contributed by atoms with van der Waals surface area (Å²) < 4.78 is 1.97. The van der Waals surface area contributed by atoms with E-state index in [0.717, 1.165) is 17.8 Å². The van der Waals surface area contributed by atoms with Crippen LogP contribution in [0.2, 0.25) is 0 Å². The van der Waals surface area contributed by atoms with Crippen molar-refractivity contribution in [3.05, 3.63) is 37.1 Å². The van der Waals surface area contributed by atoms with E-state index in [2.05, 4.69) is 9.97 Å². The zero-order valence-corrected chi connectivity index (χ0v) is 7.80. The van der Waals surface area contributed by atoms with Gasteiger partial charge in [-0.1, -0.05) is 0 Å². The second-order valence-electron chi connectivity index (χ2n) is 3.03. The molecule has 0 bridgehead atoms. The molecule has 0 radical (unpaired) electrons. The van der Waals surface area contributed by atoms with E-state index in [4.69, 9.17) is 5.73 Å². The normalized spacial score (nSPS) is 10.4. The maximum absolute atomic E-state index is 5.45. The minimum absolute atomic E-state index is 0.628. The molecule has 2 heterocycles. The number of hydrogen-bond acceptors (Lipinski definition) is 3. The van der Waals surface area contributed by atoms with Gasteiger partial charge in [-0.2, -0.15) is 0 Å². The highest BCUT2D eigenvalue weighted by Gasteiger charge is 2.00. The fourth-order valence-electron chi connectivity index (χ4n) is 1.29. The van der Waals surface area contributed by atoms with Crippen molar-refractivity contribution in [1.29, 1.82) is 0 Å². The van der Waals surface area contributed by atoms with Gasteiger partial charge in [0.2, 0.25) is 0 Å². The van der Waals surface area contributed by atoms with E-state index in [1.54, 1.807) is 18.7 Å². The summed E-state index contributed by atoms with van der Waals surface area (Å²) in [4.78, 5) is 8.31. The van der Waals surface area contributed by atoms with Crippen LogP contribution in [-0.2, 0) is 6.54 Å². The van der Waals surface area contributed by atoms with Crippen molar-refractivity contribution in [2.45, 2.75) is 6.54 Å². The summed E-state index contributed by atoms with van der Waals surface area (Å²) in [7, 11) is 0. The Hall–Kier alpha value is -1.68. The SMILES string of the molecule is NCCn1cnc(-c2cccnc2)c1. The maximum atomic E-state index is 5.45. The van der Waals surface area contributed by atoms with Crippen molar-refractivity contribution in [3.63, 3.8) is 0 Å². The molecule has 0 aliphatic carbocycles. The lowest BCUT2D eigenvalue weighted by Gasteiger charge is -1.96. The average molecular weight is 188 g/mol. The minimum atomic E-state index is 0.628. The first-order valence-electron chi connectivity index (χ1n) is 4.52. The number of nitrogens with two attached hydrogens (primary N) is 1. The molecule has 0 aliphatic rings. The van der Waals surface area contributed by atoms with Crippen molar-refractivity contribution in [3.8, 4) is 11.3 Å². The van der Waals surface area contributed by atoms with Crippen LogP contribution in [0.4, 0.5) is 0 Å². The van der Waals surface area contributed by atoms with Gasteiger partial charge in [0.1, 0.15) is 0 Å². The van der Waals surface area contributed by atoms with E-state index in [0.29, 0.717) is 6.54 Å². The second kappa shape index (κ2) is 4.02. The molecule has 0 aliphatic heterocycles. The number of aromatic nitrogens is 3. The van der Waals surface area contributed by atoms with E-state index in [9.17, 15) is 0 Å². The first-order chi connectivity index (χ1) is 6.90. The van der Waals surface area contributed by atoms with Gasteiger partial charge >= 0.3 is 0 Å². The first-order valence-corrected chi connectivity index (χ1v) is 4.52. The highest BCUT2D eigenvalue weighted by molar-refractivity contribution is 5.56. The summed E-state index contributed by atoms with van der Waals surface area (Å²) in [6.45, 7) is 1.43. The van der Waals surface area contributed by atoms with Gasteiger partial charge in [-0.25, -0.2) is 4.98 Å². The van der Waals surface area contributed by atoms with Crippen molar-refractivity contribution in [1.82, 2.24) is 14.5 Å². The summed E-state index contributed by atoms with van der Waals surface area (Å²) in [6.07, 6.45) is 7.31. The molecule has 0 atom stereocenters. The predicted molar refractivity (Wildman–Crippen MR) is 54.5 cm³/mol. The zero-order chi connectivity index (χ0) is 9.80. The van der Waals surface area contributed by atoms with Crippen LogP contribution in [0.5, 0.6) is 0 Å². The Bertz CT molecular complexity index is 394. The number of pyridine rings is 1. The molecule has 0 spiro atoms. The van der Waals surface area contributed by atoms with Gasteiger partial charge in [0, 0.05) is 37.2 Å². The summed E-state index contributed by atoms with van der Waals surface area (Å²) in [5.74, 6) is 0. The first kappa shape index (κ1) is 8.90. The standard InChI is InChI=1S/C10H12N4/c11-3-5-14-7-10(13-8-14)9-2-1-4-12-6-9/h1-2,4,6-8H,3,5,11H2. The fraction of sp³-hybridized carbons (Fsp3) is 0.200. The van der Waals surface area contributed by atoms with E-state index in [1.807, 2.05) is 22.9 Å². The molecule has 2 aromatic heterocycles.